The Labute approximate surface area is 178 Å². The molecule has 3 aromatic rings. The normalized spacial score (nSPS) is 10.6. The third-order valence-corrected chi connectivity index (χ3v) is 4.76. The van der Waals surface area contributed by atoms with Crippen LogP contribution < -0.4 is 10.1 Å². The van der Waals surface area contributed by atoms with E-state index in [1.807, 2.05) is 36.4 Å². The van der Waals surface area contributed by atoms with Gasteiger partial charge in [-0.15, -0.1) is 0 Å². The molecular weight excluding hydrogens is 434 g/mol. The number of carbonyl (C=O) groups excluding carboxylic acids is 2. The number of aryl methyl sites for hydroxylation is 1. The molecule has 0 saturated carbocycles. The first-order chi connectivity index (χ1) is 14.0. The molecule has 0 aliphatic carbocycles. The number of ether oxygens (including phenoxy) is 1. The Morgan fingerprint density at radius 2 is 1.90 bits per heavy atom. The number of benzene rings is 2. The Kier molecular flexibility index (Phi) is 7.19. The van der Waals surface area contributed by atoms with Crippen molar-refractivity contribution in [2.45, 2.75) is 26.3 Å². The summed E-state index contributed by atoms with van der Waals surface area (Å²) in [7, 11) is 0. The zero-order chi connectivity index (χ0) is 20.6. The number of rotatable bonds is 9. The summed E-state index contributed by atoms with van der Waals surface area (Å²) < 4.78 is 8.28. The van der Waals surface area contributed by atoms with Gasteiger partial charge in [-0.3, -0.25) is 4.79 Å². The number of anilines is 1. The first-order valence-electron chi connectivity index (χ1n) is 9.27. The smallest absolute Gasteiger partial charge is 0.263 e. The van der Waals surface area contributed by atoms with Gasteiger partial charge in [0, 0.05) is 17.0 Å². The van der Waals surface area contributed by atoms with Crippen molar-refractivity contribution in [3.8, 4) is 5.75 Å². The Morgan fingerprint density at radius 1 is 1.10 bits per heavy atom. The second-order valence-corrected chi connectivity index (χ2v) is 7.60. The molecule has 0 aliphatic heterocycles. The molecule has 0 aliphatic rings. The molecular formula is C22H22BrN3O3. The average Bonchev–Trinajstić information content (AvgIpc) is 3.12. The van der Waals surface area contributed by atoms with Crippen molar-refractivity contribution in [3.63, 3.8) is 0 Å². The molecule has 0 bridgehead atoms. The predicted octanol–water partition coefficient (Wildman–Crippen LogP) is 4.23. The summed E-state index contributed by atoms with van der Waals surface area (Å²) >= 11 is 3.46. The Hall–Kier alpha value is -2.93. The highest BCUT2D eigenvalue weighted by molar-refractivity contribution is 9.10. The van der Waals surface area contributed by atoms with Crippen molar-refractivity contribution >= 4 is 33.4 Å². The van der Waals surface area contributed by atoms with Crippen LogP contribution in [0.4, 0.5) is 5.82 Å². The zero-order valence-corrected chi connectivity index (χ0v) is 17.7. The van der Waals surface area contributed by atoms with Gasteiger partial charge in [0.15, 0.2) is 6.61 Å². The molecule has 150 valence electrons. The van der Waals surface area contributed by atoms with Gasteiger partial charge >= 0.3 is 0 Å². The highest BCUT2D eigenvalue weighted by Crippen LogP contribution is 2.16. The molecule has 0 saturated heterocycles. The van der Waals surface area contributed by atoms with Crippen molar-refractivity contribution in [1.29, 1.82) is 0 Å². The van der Waals surface area contributed by atoms with Gasteiger partial charge in [-0.2, -0.15) is 5.10 Å². The number of carbonyl (C=O) groups is 2. The Balaban J connectivity index is 1.51. The van der Waals surface area contributed by atoms with Gasteiger partial charge < -0.3 is 14.8 Å². The average molecular weight is 456 g/mol. The van der Waals surface area contributed by atoms with Gasteiger partial charge in [0.2, 0.25) is 0 Å². The summed E-state index contributed by atoms with van der Waals surface area (Å²) in [5.74, 6) is 1.12. The molecule has 1 amide bonds. The summed E-state index contributed by atoms with van der Waals surface area (Å²) in [5.41, 5.74) is 2.13. The van der Waals surface area contributed by atoms with E-state index in [4.69, 9.17) is 4.74 Å². The van der Waals surface area contributed by atoms with Crippen LogP contribution in [0.25, 0.3) is 0 Å². The number of nitrogens with zero attached hydrogens (tertiary/aromatic N) is 2. The molecule has 3 rings (SSSR count). The maximum atomic E-state index is 12.3. The Bertz CT molecular complexity index is 983. The molecule has 0 fully saturated rings. The number of hydrogen-bond acceptors (Lipinski definition) is 4. The van der Waals surface area contributed by atoms with Gasteiger partial charge in [0.05, 0.1) is 12.7 Å². The van der Waals surface area contributed by atoms with Gasteiger partial charge in [0.1, 0.15) is 17.4 Å². The highest BCUT2D eigenvalue weighted by atomic mass is 79.9. The van der Waals surface area contributed by atoms with Crippen molar-refractivity contribution in [3.05, 3.63) is 76.4 Å². The number of hydrogen-bond donors (Lipinski definition) is 1. The first kappa shape index (κ1) is 20.8. The van der Waals surface area contributed by atoms with Crippen molar-refractivity contribution < 1.29 is 14.3 Å². The van der Waals surface area contributed by atoms with E-state index < -0.39 is 0 Å². The summed E-state index contributed by atoms with van der Waals surface area (Å²) in [6.45, 7) is 2.03. The number of ketones is 1. The summed E-state index contributed by atoms with van der Waals surface area (Å²) in [4.78, 5) is 23.3. The third-order valence-electron chi connectivity index (χ3n) is 4.26. The van der Waals surface area contributed by atoms with Crippen LogP contribution in [0.3, 0.4) is 0 Å². The maximum absolute atomic E-state index is 12.3. The highest BCUT2D eigenvalue weighted by Gasteiger charge is 2.09. The van der Waals surface area contributed by atoms with E-state index >= 15 is 0 Å². The number of amides is 1. The summed E-state index contributed by atoms with van der Waals surface area (Å²) in [5, 5.41) is 7.10. The molecule has 0 unspecified atom stereocenters. The van der Waals surface area contributed by atoms with Gasteiger partial charge in [-0.25, -0.2) is 4.68 Å². The van der Waals surface area contributed by atoms with Crippen molar-refractivity contribution in [2.24, 2.45) is 0 Å². The van der Waals surface area contributed by atoms with E-state index in [1.54, 1.807) is 36.0 Å². The second kappa shape index (κ2) is 10.0. The lowest BCUT2D eigenvalue weighted by Gasteiger charge is -2.10. The number of Topliss-reactive ketones (excluding diaryl/α,β-unsaturated/α-hetero) is 1. The zero-order valence-electron chi connectivity index (χ0n) is 16.1. The standard InChI is InChI=1S/C22H22BrN3O3/c1-16(27)5-6-17-7-9-20(10-8-17)29-15-22(28)25-21-11-12-24-26(21)14-18-3-2-4-19(23)13-18/h2-4,7-13H,5-6,14-15H2,1H3,(H,25,28). The number of halogens is 1. The fourth-order valence-electron chi connectivity index (χ4n) is 2.77. The third kappa shape index (κ3) is 6.57. The molecule has 1 heterocycles. The minimum atomic E-state index is -0.262. The van der Waals surface area contributed by atoms with Crippen LogP contribution in [0.15, 0.2) is 65.3 Å². The lowest BCUT2D eigenvalue weighted by atomic mass is 10.1. The van der Waals surface area contributed by atoms with Crippen LogP contribution in [0.1, 0.15) is 24.5 Å². The van der Waals surface area contributed by atoms with Crippen LogP contribution in [-0.4, -0.2) is 28.1 Å². The fraction of sp³-hybridized carbons (Fsp3) is 0.227. The molecule has 1 N–H and O–H groups in total. The topological polar surface area (TPSA) is 73.2 Å². The SMILES string of the molecule is CC(=O)CCc1ccc(OCC(=O)Nc2ccnn2Cc2cccc(Br)c2)cc1. The molecule has 0 atom stereocenters. The molecule has 1 aromatic heterocycles. The van der Waals surface area contributed by atoms with E-state index in [1.165, 1.54) is 0 Å². The molecule has 0 spiro atoms. The summed E-state index contributed by atoms with van der Waals surface area (Å²) in [6, 6.07) is 17.1. The minimum Gasteiger partial charge on any atom is -0.484 e. The van der Waals surface area contributed by atoms with Gasteiger partial charge in [0.25, 0.3) is 5.91 Å². The molecule has 0 radical (unpaired) electrons. The van der Waals surface area contributed by atoms with E-state index in [2.05, 4.69) is 26.3 Å². The fourth-order valence-corrected chi connectivity index (χ4v) is 3.22. The van der Waals surface area contributed by atoms with Gasteiger partial charge in [-0.1, -0.05) is 40.2 Å². The first-order valence-corrected chi connectivity index (χ1v) is 10.1. The molecule has 7 heteroatoms. The monoisotopic (exact) mass is 455 g/mol. The maximum Gasteiger partial charge on any atom is 0.263 e. The summed E-state index contributed by atoms with van der Waals surface area (Å²) in [6.07, 6.45) is 2.88. The predicted molar refractivity (Wildman–Crippen MR) is 115 cm³/mol. The lowest BCUT2D eigenvalue weighted by Crippen LogP contribution is -2.22. The van der Waals surface area contributed by atoms with Crippen LogP contribution in [0.5, 0.6) is 5.75 Å². The molecule has 29 heavy (non-hydrogen) atoms. The largest absolute Gasteiger partial charge is 0.484 e. The Morgan fingerprint density at radius 3 is 2.62 bits per heavy atom. The van der Waals surface area contributed by atoms with E-state index in [0.29, 0.717) is 31.0 Å². The van der Waals surface area contributed by atoms with Crippen LogP contribution >= 0.6 is 15.9 Å². The number of aromatic nitrogens is 2. The van der Waals surface area contributed by atoms with Gasteiger partial charge in [-0.05, 0) is 48.7 Å². The van der Waals surface area contributed by atoms with E-state index in [9.17, 15) is 9.59 Å². The lowest BCUT2D eigenvalue weighted by molar-refractivity contribution is -0.118. The quantitative estimate of drug-likeness (QED) is 0.523. The van der Waals surface area contributed by atoms with Crippen LogP contribution in [0.2, 0.25) is 0 Å². The minimum absolute atomic E-state index is 0.102. The van der Waals surface area contributed by atoms with E-state index in [0.717, 1.165) is 15.6 Å². The number of nitrogens with one attached hydrogen (secondary N) is 1. The molecule has 6 nitrogen and oxygen atoms in total. The van der Waals surface area contributed by atoms with E-state index in [-0.39, 0.29) is 18.3 Å². The van der Waals surface area contributed by atoms with Crippen LogP contribution in [0, 0.1) is 0 Å². The van der Waals surface area contributed by atoms with Crippen molar-refractivity contribution in [1.82, 2.24) is 9.78 Å². The molecule has 2 aromatic carbocycles. The second-order valence-electron chi connectivity index (χ2n) is 6.69. The van der Waals surface area contributed by atoms with Crippen LogP contribution in [-0.2, 0) is 22.6 Å². The van der Waals surface area contributed by atoms with Crippen molar-refractivity contribution in [2.75, 3.05) is 11.9 Å².